The Hall–Kier alpha value is 0.240. The summed E-state index contributed by atoms with van der Waals surface area (Å²) < 4.78 is 0. The number of hydrogen-bond acceptors (Lipinski definition) is 2. The molecular formula is C8H14Cl2N2. The molecular weight excluding hydrogens is 195 g/mol. The molecule has 12 heavy (non-hydrogen) atoms. The van der Waals surface area contributed by atoms with Gasteiger partial charge in [-0.1, -0.05) is 23.2 Å². The number of rotatable bonds is 2. The first-order valence-electron chi connectivity index (χ1n) is 4.15. The van der Waals surface area contributed by atoms with E-state index in [2.05, 4.69) is 4.90 Å². The highest BCUT2D eigenvalue weighted by Crippen LogP contribution is 2.12. The van der Waals surface area contributed by atoms with E-state index in [0.717, 1.165) is 32.5 Å². The van der Waals surface area contributed by atoms with Crippen molar-refractivity contribution in [1.82, 2.24) is 4.90 Å². The van der Waals surface area contributed by atoms with Crippen LogP contribution in [0.4, 0.5) is 0 Å². The summed E-state index contributed by atoms with van der Waals surface area (Å²) in [6, 6.07) is 0.375. The largest absolute Gasteiger partial charge is 0.328 e. The Kier molecular flexibility index (Phi) is 4.36. The van der Waals surface area contributed by atoms with Crippen molar-refractivity contribution in [3.8, 4) is 0 Å². The average molecular weight is 209 g/mol. The van der Waals surface area contributed by atoms with E-state index < -0.39 is 0 Å². The van der Waals surface area contributed by atoms with Crippen LogP contribution in [0.1, 0.15) is 12.8 Å². The highest BCUT2D eigenvalue weighted by molar-refractivity contribution is 6.36. The van der Waals surface area contributed by atoms with Crippen LogP contribution in [0.25, 0.3) is 0 Å². The smallest absolute Gasteiger partial charge is 0.0434 e. The Bertz CT molecular complexity index is 162. The maximum atomic E-state index is 5.79. The summed E-state index contributed by atoms with van der Waals surface area (Å²) in [5, 5.41) is 0.701. The highest BCUT2D eigenvalue weighted by Gasteiger charge is 2.15. The second kappa shape index (κ2) is 5.07. The van der Waals surface area contributed by atoms with Gasteiger partial charge >= 0.3 is 0 Å². The van der Waals surface area contributed by atoms with Gasteiger partial charge in [-0.2, -0.15) is 0 Å². The van der Waals surface area contributed by atoms with Crippen LogP contribution in [0.3, 0.4) is 0 Å². The first kappa shape index (κ1) is 10.3. The third-order valence-electron chi connectivity index (χ3n) is 2.13. The number of likely N-dealkylation sites (tertiary alicyclic amines) is 1. The third-order valence-corrected chi connectivity index (χ3v) is 2.73. The van der Waals surface area contributed by atoms with Gasteiger partial charge in [0, 0.05) is 23.2 Å². The fraction of sp³-hybridized carbons (Fsp3) is 0.750. The SMILES string of the molecule is NC1CCN(CC(Cl)=CCl)CC1. The van der Waals surface area contributed by atoms with E-state index in [-0.39, 0.29) is 0 Å². The molecule has 1 fully saturated rings. The van der Waals surface area contributed by atoms with Gasteiger partial charge in [-0.3, -0.25) is 4.90 Å². The summed E-state index contributed by atoms with van der Waals surface area (Å²) in [5.74, 6) is 0. The molecule has 0 aromatic carbocycles. The molecule has 1 rings (SSSR count). The van der Waals surface area contributed by atoms with Crippen LogP contribution in [0, 0.1) is 0 Å². The number of halogens is 2. The average Bonchev–Trinajstić information content (AvgIpc) is 2.09. The molecule has 2 nitrogen and oxygen atoms in total. The van der Waals surface area contributed by atoms with Gasteiger partial charge < -0.3 is 5.73 Å². The van der Waals surface area contributed by atoms with E-state index in [1.54, 1.807) is 0 Å². The zero-order valence-corrected chi connectivity index (χ0v) is 8.48. The molecule has 0 atom stereocenters. The molecule has 70 valence electrons. The second-order valence-electron chi connectivity index (χ2n) is 3.17. The molecule has 2 N–H and O–H groups in total. The molecule has 1 aliphatic rings. The van der Waals surface area contributed by atoms with Crippen molar-refractivity contribution in [2.75, 3.05) is 19.6 Å². The molecule has 0 aromatic heterocycles. The van der Waals surface area contributed by atoms with Crippen molar-refractivity contribution in [2.24, 2.45) is 5.73 Å². The zero-order valence-electron chi connectivity index (χ0n) is 6.97. The summed E-state index contributed by atoms with van der Waals surface area (Å²) in [7, 11) is 0. The van der Waals surface area contributed by atoms with Crippen molar-refractivity contribution >= 4 is 23.2 Å². The fourth-order valence-electron chi connectivity index (χ4n) is 1.36. The number of nitrogens with two attached hydrogens (primary N) is 1. The lowest BCUT2D eigenvalue weighted by Gasteiger charge is -2.29. The molecule has 0 aliphatic carbocycles. The van der Waals surface area contributed by atoms with Gasteiger partial charge in [0.05, 0.1) is 0 Å². The highest BCUT2D eigenvalue weighted by atomic mass is 35.5. The Morgan fingerprint density at radius 3 is 2.58 bits per heavy atom. The van der Waals surface area contributed by atoms with E-state index in [1.807, 2.05) is 0 Å². The zero-order chi connectivity index (χ0) is 8.97. The fourth-order valence-corrected chi connectivity index (χ4v) is 1.60. The lowest BCUT2D eigenvalue weighted by Crippen LogP contribution is -2.40. The maximum absolute atomic E-state index is 5.79. The van der Waals surface area contributed by atoms with Gasteiger partial charge in [0.1, 0.15) is 0 Å². The van der Waals surface area contributed by atoms with Crippen LogP contribution in [0.5, 0.6) is 0 Å². The molecule has 0 spiro atoms. The number of nitrogens with zero attached hydrogens (tertiary/aromatic N) is 1. The monoisotopic (exact) mass is 208 g/mol. The second-order valence-corrected chi connectivity index (χ2v) is 3.87. The molecule has 1 heterocycles. The molecule has 0 amide bonds. The molecule has 4 heteroatoms. The number of piperidine rings is 1. The van der Waals surface area contributed by atoms with Crippen molar-refractivity contribution in [1.29, 1.82) is 0 Å². The van der Waals surface area contributed by atoms with E-state index in [0.29, 0.717) is 11.1 Å². The van der Waals surface area contributed by atoms with Gasteiger partial charge in [-0.15, -0.1) is 0 Å². The predicted molar refractivity (Wildman–Crippen MR) is 53.4 cm³/mol. The Balaban J connectivity index is 2.26. The lowest BCUT2D eigenvalue weighted by atomic mass is 10.1. The Labute approximate surface area is 83.3 Å². The molecule has 0 aromatic rings. The van der Waals surface area contributed by atoms with Crippen molar-refractivity contribution in [2.45, 2.75) is 18.9 Å². The van der Waals surface area contributed by atoms with E-state index in [9.17, 15) is 0 Å². The summed E-state index contributed by atoms with van der Waals surface area (Å²) in [6.07, 6.45) is 2.12. The summed E-state index contributed by atoms with van der Waals surface area (Å²) >= 11 is 11.2. The Morgan fingerprint density at radius 2 is 2.08 bits per heavy atom. The first-order chi connectivity index (χ1) is 5.72. The van der Waals surface area contributed by atoms with E-state index in [1.165, 1.54) is 5.54 Å². The van der Waals surface area contributed by atoms with Gasteiger partial charge in [0.2, 0.25) is 0 Å². The van der Waals surface area contributed by atoms with Gasteiger partial charge in [-0.05, 0) is 25.9 Å². The molecule has 0 radical (unpaired) electrons. The van der Waals surface area contributed by atoms with Crippen LogP contribution in [-0.4, -0.2) is 30.6 Å². The van der Waals surface area contributed by atoms with Crippen molar-refractivity contribution in [3.05, 3.63) is 10.6 Å². The maximum Gasteiger partial charge on any atom is 0.0434 e. The Morgan fingerprint density at radius 1 is 1.50 bits per heavy atom. The summed E-state index contributed by atoms with van der Waals surface area (Å²) in [4.78, 5) is 2.27. The quantitative estimate of drug-likeness (QED) is 0.750. The number of hydrogen-bond donors (Lipinski definition) is 1. The first-order valence-corrected chi connectivity index (χ1v) is 4.96. The molecule has 1 aliphatic heterocycles. The van der Waals surface area contributed by atoms with E-state index >= 15 is 0 Å². The van der Waals surface area contributed by atoms with Crippen molar-refractivity contribution < 1.29 is 0 Å². The summed E-state index contributed by atoms with van der Waals surface area (Å²) in [5.41, 5.74) is 7.19. The van der Waals surface area contributed by atoms with Crippen LogP contribution in [0.15, 0.2) is 10.6 Å². The minimum absolute atomic E-state index is 0.375. The summed E-state index contributed by atoms with van der Waals surface area (Å²) in [6.45, 7) is 2.82. The van der Waals surface area contributed by atoms with Crippen molar-refractivity contribution in [3.63, 3.8) is 0 Å². The predicted octanol–water partition coefficient (Wildman–Crippen LogP) is 1.73. The van der Waals surface area contributed by atoms with Gasteiger partial charge in [0.25, 0.3) is 0 Å². The molecule has 0 saturated carbocycles. The van der Waals surface area contributed by atoms with Crippen LogP contribution < -0.4 is 5.73 Å². The lowest BCUT2D eigenvalue weighted by molar-refractivity contribution is 0.232. The van der Waals surface area contributed by atoms with Gasteiger partial charge in [0.15, 0.2) is 0 Å². The standard InChI is InChI=1S/C8H14Cl2N2/c9-5-7(10)6-12-3-1-8(11)2-4-12/h5,8H,1-4,6,11H2. The molecule has 0 bridgehead atoms. The van der Waals surface area contributed by atoms with Crippen LogP contribution in [0.2, 0.25) is 0 Å². The minimum atomic E-state index is 0.375. The molecule has 0 unspecified atom stereocenters. The minimum Gasteiger partial charge on any atom is -0.328 e. The van der Waals surface area contributed by atoms with Crippen LogP contribution in [-0.2, 0) is 0 Å². The van der Waals surface area contributed by atoms with Gasteiger partial charge in [-0.25, -0.2) is 0 Å². The topological polar surface area (TPSA) is 29.3 Å². The third kappa shape index (κ3) is 3.31. The van der Waals surface area contributed by atoms with Crippen LogP contribution >= 0.6 is 23.2 Å². The van der Waals surface area contributed by atoms with E-state index in [4.69, 9.17) is 28.9 Å². The molecule has 1 saturated heterocycles. The normalized spacial score (nSPS) is 23.1.